The first-order valence-corrected chi connectivity index (χ1v) is 10.1. The average molecular weight is 367 g/mol. The third kappa shape index (κ3) is 3.84. The molecule has 1 heteroatoms. The smallest absolute Gasteiger partial charge is 0.143 e. The molecule has 1 fully saturated rings. The second kappa shape index (κ2) is 8.39. The summed E-state index contributed by atoms with van der Waals surface area (Å²) in [5.41, 5.74) is 3.26. The summed E-state index contributed by atoms with van der Waals surface area (Å²) in [4.78, 5) is 13.1. The second-order valence-corrected chi connectivity index (χ2v) is 7.72. The second-order valence-electron chi connectivity index (χ2n) is 7.72. The van der Waals surface area contributed by atoms with Crippen molar-refractivity contribution in [3.63, 3.8) is 0 Å². The molecule has 3 aromatic carbocycles. The van der Waals surface area contributed by atoms with Crippen molar-refractivity contribution in [2.75, 3.05) is 0 Å². The molecule has 0 spiro atoms. The predicted molar refractivity (Wildman–Crippen MR) is 116 cm³/mol. The summed E-state index contributed by atoms with van der Waals surface area (Å²) < 4.78 is 0. The Morgan fingerprint density at radius 2 is 1.43 bits per heavy atom. The molecule has 140 valence electrons. The van der Waals surface area contributed by atoms with Crippen LogP contribution in [0, 0.1) is 0 Å². The Morgan fingerprint density at radius 3 is 2.04 bits per heavy atom. The molecule has 4 rings (SSSR count). The fourth-order valence-electron chi connectivity index (χ4n) is 4.49. The van der Waals surface area contributed by atoms with Crippen molar-refractivity contribution in [3.8, 4) is 0 Å². The van der Waals surface area contributed by atoms with Crippen LogP contribution in [0.15, 0.2) is 97.1 Å². The van der Waals surface area contributed by atoms with Crippen LogP contribution < -0.4 is 0 Å². The highest BCUT2D eigenvalue weighted by Gasteiger charge is 2.44. The number of allylic oxidation sites excluding steroid dienone is 1. The standard InChI is InChI=1S/C27H26O/c28-26-17-10-20-27(26,25-15-8-3-9-16-25)21-24(23-13-6-2-7-14-23)19-18-22-11-4-1-5-12-22/h1-9,11-16,18-19,24H,10,17,20-21H2/b19-18+/t24-,27+/m1/s1. The highest BCUT2D eigenvalue weighted by Crippen LogP contribution is 2.45. The molecule has 3 aromatic rings. The van der Waals surface area contributed by atoms with Gasteiger partial charge in [0, 0.05) is 12.3 Å². The maximum absolute atomic E-state index is 13.1. The van der Waals surface area contributed by atoms with Crippen molar-refractivity contribution in [2.45, 2.75) is 37.0 Å². The van der Waals surface area contributed by atoms with Gasteiger partial charge < -0.3 is 0 Å². The van der Waals surface area contributed by atoms with Crippen molar-refractivity contribution >= 4 is 11.9 Å². The first-order valence-electron chi connectivity index (χ1n) is 10.1. The van der Waals surface area contributed by atoms with Gasteiger partial charge >= 0.3 is 0 Å². The van der Waals surface area contributed by atoms with E-state index in [-0.39, 0.29) is 11.3 Å². The first-order chi connectivity index (χ1) is 13.8. The minimum Gasteiger partial charge on any atom is -0.299 e. The van der Waals surface area contributed by atoms with Crippen LogP contribution in [-0.2, 0) is 10.2 Å². The number of rotatable bonds is 6. The van der Waals surface area contributed by atoms with E-state index >= 15 is 0 Å². The summed E-state index contributed by atoms with van der Waals surface area (Å²) in [5, 5.41) is 0. The zero-order valence-corrected chi connectivity index (χ0v) is 16.1. The molecule has 0 amide bonds. The van der Waals surface area contributed by atoms with E-state index < -0.39 is 0 Å². The maximum atomic E-state index is 13.1. The van der Waals surface area contributed by atoms with Crippen molar-refractivity contribution < 1.29 is 4.79 Å². The number of ketones is 1. The summed E-state index contributed by atoms with van der Waals surface area (Å²) in [5.74, 6) is 0.594. The molecule has 28 heavy (non-hydrogen) atoms. The van der Waals surface area contributed by atoms with E-state index in [4.69, 9.17) is 0 Å². The highest BCUT2D eigenvalue weighted by molar-refractivity contribution is 5.92. The van der Waals surface area contributed by atoms with E-state index in [1.54, 1.807) is 0 Å². The van der Waals surface area contributed by atoms with E-state index in [2.05, 4.69) is 91.0 Å². The summed E-state index contributed by atoms with van der Waals surface area (Å²) in [6.45, 7) is 0. The fourth-order valence-corrected chi connectivity index (χ4v) is 4.49. The summed E-state index contributed by atoms with van der Waals surface area (Å²) >= 11 is 0. The molecule has 0 aliphatic heterocycles. The number of hydrogen-bond donors (Lipinski definition) is 0. The van der Waals surface area contributed by atoms with Gasteiger partial charge in [-0.25, -0.2) is 0 Å². The zero-order valence-electron chi connectivity index (χ0n) is 16.1. The van der Waals surface area contributed by atoms with Gasteiger partial charge in [0.05, 0.1) is 5.41 Å². The van der Waals surface area contributed by atoms with Crippen molar-refractivity contribution in [1.29, 1.82) is 0 Å². The average Bonchev–Trinajstić information content (AvgIpc) is 3.14. The Kier molecular flexibility index (Phi) is 5.53. The summed E-state index contributed by atoms with van der Waals surface area (Å²) in [6, 6.07) is 31.4. The molecule has 0 heterocycles. The minimum absolute atomic E-state index is 0.198. The van der Waals surface area contributed by atoms with E-state index in [1.165, 1.54) is 16.7 Å². The number of carbonyl (C=O) groups is 1. The molecule has 1 aliphatic rings. The van der Waals surface area contributed by atoms with Crippen LogP contribution in [0.5, 0.6) is 0 Å². The van der Waals surface area contributed by atoms with Crippen LogP contribution in [-0.4, -0.2) is 5.78 Å². The Hall–Kier alpha value is -2.93. The van der Waals surface area contributed by atoms with Gasteiger partial charge in [0.15, 0.2) is 0 Å². The van der Waals surface area contributed by atoms with Gasteiger partial charge in [0.1, 0.15) is 5.78 Å². The molecule has 0 saturated heterocycles. The molecule has 1 saturated carbocycles. The third-order valence-corrected chi connectivity index (χ3v) is 5.98. The molecule has 1 nitrogen and oxygen atoms in total. The molecule has 0 unspecified atom stereocenters. The van der Waals surface area contributed by atoms with Gasteiger partial charge in [-0.05, 0) is 36.0 Å². The molecule has 1 aliphatic carbocycles. The number of benzene rings is 3. The van der Waals surface area contributed by atoms with Gasteiger partial charge in [-0.1, -0.05) is 103 Å². The van der Waals surface area contributed by atoms with E-state index in [0.29, 0.717) is 12.2 Å². The Balaban J connectivity index is 1.71. The molecular weight excluding hydrogens is 340 g/mol. The van der Waals surface area contributed by atoms with E-state index in [1.807, 2.05) is 12.1 Å². The van der Waals surface area contributed by atoms with E-state index in [9.17, 15) is 4.79 Å². The Bertz CT molecular complexity index is 928. The lowest BCUT2D eigenvalue weighted by atomic mass is 9.70. The lowest BCUT2D eigenvalue weighted by Gasteiger charge is -2.31. The SMILES string of the molecule is O=C1CCC[C@]1(C[C@@H](/C=C/c1ccccc1)c1ccccc1)c1ccccc1. The largest absolute Gasteiger partial charge is 0.299 e. The molecule has 0 radical (unpaired) electrons. The number of carbonyl (C=O) groups excluding carboxylic acids is 1. The van der Waals surface area contributed by atoms with Gasteiger partial charge in [0.25, 0.3) is 0 Å². The van der Waals surface area contributed by atoms with Crippen LogP contribution in [0.4, 0.5) is 0 Å². The van der Waals surface area contributed by atoms with Crippen LogP contribution in [0.3, 0.4) is 0 Å². The number of Topliss-reactive ketones (excluding diaryl/α,β-unsaturated/α-hetero) is 1. The fraction of sp³-hybridized carbons (Fsp3) is 0.222. The highest BCUT2D eigenvalue weighted by atomic mass is 16.1. The van der Waals surface area contributed by atoms with Crippen molar-refractivity contribution in [1.82, 2.24) is 0 Å². The van der Waals surface area contributed by atoms with Gasteiger partial charge in [0.2, 0.25) is 0 Å². The molecule has 0 aromatic heterocycles. The van der Waals surface area contributed by atoms with Crippen molar-refractivity contribution in [3.05, 3.63) is 114 Å². The summed E-state index contributed by atoms with van der Waals surface area (Å²) in [7, 11) is 0. The Morgan fingerprint density at radius 1 is 0.821 bits per heavy atom. The minimum atomic E-state index is -0.372. The molecule has 0 bridgehead atoms. The monoisotopic (exact) mass is 366 g/mol. The van der Waals surface area contributed by atoms with Crippen LogP contribution in [0.1, 0.15) is 48.3 Å². The van der Waals surface area contributed by atoms with Crippen LogP contribution >= 0.6 is 0 Å². The first kappa shape index (κ1) is 18.4. The predicted octanol–water partition coefficient (Wildman–Crippen LogP) is 6.56. The van der Waals surface area contributed by atoms with E-state index in [0.717, 1.165) is 19.3 Å². The lowest BCUT2D eigenvalue weighted by Crippen LogP contribution is -2.32. The third-order valence-electron chi connectivity index (χ3n) is 5.98. The van der Waals surface area contributed by atoms with Crippen molar-refractivity contribution in [2.24, 2.45) is 0 Å². The van der Waals surface area contributed by atoms with Crippen LogP contribution in [0.25, 0.3) is 6.08 Å². The van der Waals surface area contributed by atoms with Crippen LogP contribution in [0.2, 0.25) is 0 Å². The van der Waals surface area contributed by atoms with Gasteiger partial charge in [-0.2, -0.15) is 0 Å². The van der Waals surface area contributed by atoms with Gasteiger partial charge in [-0.15, -0.1) is 0 Å². The maximum Gasteiger partial charge on any atom is 0.143 e. The molecule has 0 N–H and O–H groups in total. The van der Waals surface area contributed by atoms with Gasteiger partial charge in [-0.3, -0.25) is 4.79 Å². The zero-order chi connectivity index (χ0) is 19.2. The Labute approximate surface area is 167 Å². The lowest BCUT2D eigenvalue weighted by molar-refractivity contribution is -0.122. The molecular formula is C27H26O. The quantitative estimate of drug-likeness (QED) is 0.482. The summed E-state index contributed by atoms with van der Waals surface area (Å²) in [6.07, 6.45) is 7.91. The molecule has 2 atom stereocenters. The topological polar surface area (TPSA) is 17.1 Å². The number of hydrogen-bond acceptors (Lipinski definition) is 1. The normalized spacial score (nSPS) is 20.5.